The zero-order valence-electron chi connectivity index (χ0n) is 17.6. The average molecular weight is 500 g/mol. The van der Waals surface area contributed by atoms with E-state index in [0.29, 0.717) is 46.0 Å². The molecule has 0 aromatic heterocycles. The van der Waals surface area contributed by atoms with Crippen LogP contribution in [0.15, 0.2) is 71.6 Å². The van der Waals surface area contributed by atoms with Crippen LogP contribution >= 0.6 is 35.0 Å². The van der Waals surface area contributed by atoms with E-state index in [4.69, 9.17) is 32.7 Å². The summed E-state index contributed by atoms with van der Waals surface area (Å²) in [6.07, 6.45) is 1.62. The zero-order valence-corrected chi connectivity index (χ0v) is 19.9. The molecule has 0 unspecified atom stereocenters. The molecule has 168 valence electrons. The summed E-state index contributed by atoms with van der Waals surface area (Å²) in [7, 11) is 0. The Balaban J connectivity index is 1.60. The number of benzene rings is 3. The van der Waals surface area contributed by atoms with Gasteiger partial charge in [0.2, 0.25) is 0 Å². The molecular formula is C25H19Cl2NO4S. The molecule has 33 heavy (non-hydrogen) atoms. The SMILES string of the molecule is CCOc1cc(/C=C2/SC(=O)N(c3ccc(Cl)cc3)C2=O)cc(Cl)c1OCc1ccccc1. The summed E-state index contributed by atoms with van der Waals surface area (Å²) in [5.41, 5.74) is 2.08. The van der Waals surface area contributed by atoms with Gasteiger partial charge in [0.05, 0.1) is 22.2 Å². The minimum absolute atomic E-state index is 0.284. The quantitative estimate of drug-likeness (QED) is 0.321. The third-order valence-corrected chi connectivity index (χ3v) is 6.14. The van der Waals surface area contributed by atoms with E-state index in [1.54, 1.807) is 42.5 Å². The number of nitrogens with zero attached hydrogens (tertiary/aromatic N) is 1. The highest BCUT2D eigenvalue weighted by Gasteiger charge is 2.36. The van der Waals surface area contributed by atoms with Crippen molar-refractivity contribution in [3.63, 3.8) is 0 Å². The van der Waals surface area contributed by atoms with Crippen LogP contribution in [0.5, 0.6) is 11.5 Å². The van der Waals surface area contributed by atoms with Gasteiger partial charge in [-0.15, -0.1) is 0 Å². The first-order chi connectivity index (χ1) is 16.0. The molecule has 0 radical (unpaired) electrons. The van der Waals surface area contributed by atoms with Crippen LogP contribution in [-0.4, -0.2) is 17.8 Å². The maximum absolute atomic E-state index is 12.9. The molecule has 1 heterocycles. The number of carbonyl (C=O) groups is 2. The normalized spacial score (nSPS) is 14.8. The molecule has 5 nitrogen and oxygen atoms in total. The number of carbonyl (C=O) groups excluding carboxylic acids is 2. The van der Waals surface area contributed by atoms with Crippen LogP contribution in [0.25, 0.3) is 6.08 Å². The Labute approximate surface area is 205 Å². The summed E-state index contributed by atoms with van der Waals surface area (Å²) in [5.74, 6) is 0.476. The van der Waals surface area contributed by atoms with E-state index >= 15 is 0 Å². The molecule has 0 N–H and O–H groups in total. The van der Waals surface area contributed by atoms with E-state index in [0.717, 1.165) is 22.2 Å². The van der Waals surface area contributed by atoms with Crippen molar-refractivity contribution in [3.05, 3.63) is 92.8 Å². The fourth-order valence-electron chi connectivity index (χ4n) is 3.24. The molecule has 0 atom stereocenters. The molecular weight excluding hydrogens is 481 g/mol. The predicted octanol–water partition coefficient (Wildman–Crippen LogP) is 7.21. The zero-order chi connectivity index (χ0) is 23.4. The van der Waals surface area contributed by atoms with Crippen LogP contribution < -0.4 is 14.4 Å². The van der Waals surface area contributed by atoms with Gasteiger partial charge in [0.15, 0.2) is 11.5 Å². The second kappa shape index (κ2) is 10.3. The highest BCUT2D eigenvalue weighted by atomic mass is 35.5. The van der Waals surface area contributed by atoms with Gasteiger partial charge in [-0.05, 0) is 72.3 Å². The number of halogens is 2. The number of anilines is 1. The molecule has 4 rings (SSSR count). The van der Waals surface area contributed by atoms with Gasteiger partial charge in [-0.25, -0.2) is 4.90 Å². The maximum atomic E-state index is 12.9. The van der Waals surface area contributed by atoms with Gasteiger partial charge in [0.1, 0.15) is 6.61 Å². The van der Waals surface area contributed by atoms with E-state index in [1.165, 1.54) is 0 Å². The molecule has 8 heteroatoms. The summed E-state index contributed by atoms with van der Waals surface area (Å²) in [6.45, 7) is 2.60. The third-order valence-electron chi connectivity index (χ3n) is 4.73. The van der Waals surface area contributed by atoms with Crippen molar-refractivity contribution in [1.82, 2.24) is 0 Å². The van der Waals surface area contributed by atoms with Gasteiger partial charge in [-0.1, -0.05) is 53.5 Å². The number of hydrogen-bond donors (Lipinski definition) is 0. The van der Waals surface area contributed by atoms with E-state index < -0.39 is 5.91 Å². The van der Waals surface area contributed by atoms with Crippen molar-refractivity contribution in [3.8, 4) is 11.5 Å². The first-order valence-corrected chi connectivity index (χ1v) is 11.7. The maximum Gasteiger partial charge on any atom is 0.298 e. The number of hydrogen-bond acceptors (Lipinski definition) is 5. The Bertz CT molecular complexity index is 1210. The Morgan fingerprint density at radius 1 is 0.970 bits per heavy atom. The second-order valence-electron chi connectivity index (χ2n) is 7.03. The summed E-state index contributed by atoms with van der Waals surface area (Å²) in [4.78, 5) is 26.8. The number of imide groups is 1. The second-order valence-corrected chi connectivity index (χ2v) is 8.87. The fraction of sp³-hybridized carbons (Fsp3) is 0.120. The number of thioether (sulfide) groups is 1. The monoisotopic (exact) mass is 499 g/mol. The van der Waals surface area contributed by atoms with Crippen LogP contribution in [0.3, 0.4) is 0 Å². The van der Waals surface area contributed by atoms with Gasteiger partial charge < -0.3 is 9.47 Å². The van der Waals surface area contributed by atoms with Gasteiger partial charge in [-0.3, -0.25) is 9.59 Å². The van der Waals surface area contributed by atoms with Gasteiger partial charge in [-0.2, -0.15) is 0 Å². The lowest BCUT2D eigenvalue weighted by Gasteiger charge is -2.15. The summed E-state index contributed by atoms with van der Waals surface area (Å²) < 4.78 is 11.7. The minimum atomic E-state index is -0.411. The molecule has 3 aromatic rings. The smallest absolute Gasteiger partial charge is 0.298 e. The van der Waals surface area contributed by atoms with Crippen LogP contribution in [0.2, 0.25) is 10.0 Å². The first kappa shape index (κ1) is 23.2. The lowest BCUT2D eigenvalue weighted by Crippen LogP contribution is -2.27. The van der Waals surface area contributed by atoms with Crippen molar-refractivity contribution in [2.75, 3.05) is 11.5 Å². The summed E-state index contributed by atoms with van der Waals surface area (Å²) >= 11 is 13.3. The lowest BCUT2D eigenvalue weighted by atomic mass is 10.1. The van der Waals surface area contributed by atoms with Crippen LogP contribution in [0.1, 0.15) is 18.1 Å². The molecule has 0 spiro atoms. The van der Waals surface area contributed by atoms with E-state index in [-0.39, 0.29) is 10.1 Å². The lowest BCUT2D eigenvalue weighted by molar-refractivity contribution is -0.113. The number of amides is 2. The van der Waals surface area contributed by atoms with Crippen molar-refractivity contribution in [1.29, 1.82) is 0 Å². The predicted molar refractivity (Wildman–Crippen MR) is 133 cm³/mol. The van der Waals surface area contributed by atoms with E-state index in [1.807, 2.05) is 37.3 Å². The van der Waals surface area contributed by atoms with Gasteiger partial charge in [0.25, 0.3) is 11.1 Å². The third kappa shape index (κ3) is 5.36. The first-order valence-electron chi connectivity index (χ1n) is 10.1. The van der Waals surface area contributed by atoms with Crippen molar-refractivity contribution < 1.29 is 19.1 Å². The van der Waals surface area contributed by atoms with Crippen LogP contribution in [0, 0.1) is 0 Å². The molecule has 1 aliphatic heterocycles. The molecule has 0 saturated carbocycles. The van der Waals surface area contributed by atoms with Gasteiger partial charge in [0, 0.05) is 5.02 Å². The topological polar surface area (TPSA) is 55.8 Å². The standard InChI is InChI=1S/C25H19Cl2NO4S/c1-2-31-21-13-17(12-20(27)23(21)32-15-16-6-4-3-5-7-16)14-22-24(29)28(25(30)33-22)19-10-8-18(26)9-11-19/h3-14H,2,15H2,1H3/b22-14+. The summed E-state index contributed by atoms with van der Waals surface area (Å²) in [6, 6.07) is 19.7. The minimum Gasteiger partial charge on any atom is -0.490 e. The highest BCUT2D eigenvalue weighted by molar-refractivity contribution is 8.19. The molecule has 0 bridgehead atoms. The largest absolute Gasteiger partial charge is 0.490 e. The van der Waals surface area contributed by atoms with Crippen LogP contribution in [-0.2, 0) is 11.4 Å². The van der Waals surface area contributed by atoms with E-state index in [9.17, 15) is 9.59 Å². The molecule has 3 aromatic carbocycles. The van der Waals surface area contributed by atoms with Gasteiger partial charge >= 0.3 is 0 Å². The van der Waals surface area contributed by atoms with Crippen molar-refractivity contribution in [2.24, 2.45) is 0 Å². The molecule has 2 amide bonds. The number of rotatable bonds is 7. The van der Waals surface area contributed by atoms with Crippen LogP contribution in [0.4, 0.5) is 10.5 Å². The fourth-order valence-corrected chi connectivity index (χ4v) is 4.48. The average Bonchev–Trinajstić information content (AvgIpc) is 3.07. The van der Waals surface area contributed by atoms with E-state index in [2.05, 4.69) is 0 Å². The Morgan fingerprint density at radius 2 is 1.70 bits per heavy atom. The summed E-state index contributed by atoms with van der Waals surface area (Å²) in [5, 5.41) is 0.488. The van der Waals surface area contributed by atoms with Crippen molar-refractivity contribution in [2.45, 2.75) is 13.5 Å². The molecule has 1 fully saturated rings. The number of ether oxygens (including phenoxy) is 2. The Kier molecular flexibility index (Phi) is 7.28. The Morgan fingerprint density at radius 3 is 2.39 bits per heavy atom. The molecule has 1 aliphatic rings. The molecule has 1 saturated heterocycles. The Hall–Kier alpha value is -2.93. The van der Waals surface area contributed by atoms with Crippen molar-refractivity contribution >= 4 is 57.9 Å². The highest BCUT2D eigenvalue weighted by Crippen LogP contribution is 2.40. The molecule has 0 aliphatic carbocycles.